The molecule has 0 saturated carbocycles. The maximum atomic E-state index is 13.5. The lowest BCUT2D eigenvalue weighted by Gasteiger charge is -1.99. The van der Waals surface area contributed by atoms with Crippen molar-refractivity contribution in [1.29, 1.82) is 0 Å². The molecular formula is C11H10F3N3O. The summed E-state index contributed by atoms with van der Waals surface area (Å²) in [6.45, 7) is 0.624. The zero-order valence-corrected chi connectivity index (χ0v) is 9.51. The largest absolute Gasteiger partial charge is 0.334 e. The molecule has 0 aliphatic carbocycles. The van der Waals surface area contributed by atoms with Crippen molar-refractivity contribution in [2.75, 3.05) is 13.6 Å². The highest BCUT2D eigenvalue weighted by Gasteiger charge is 2.19. The van der Waals surface area contributed by atoms with E-state index in [2.05, 4.69) is 15.5 Å². The highest BCUT2D eigenvalue weighted by atomic mass is 19.2. The fourth-order valence-corrected chi connectivity index (χ4v) is 1.39. The van der Waals surface area contributed by atoms with Gasteiger partial charge in [-0.3, -0.25) is 0 Å². The number of hydrogen-bond acceptors (Lipinski definition) is 4. The Balaban J connectivity index is 2.31. The van der Waals surface area contributed by atoms with Gasteiger partial charge < -0.3 is 9.84 Å². The number of aromatic nitrogens is 2. The van der Waals surface area contributed by atoms with E-state index in [1.165, 1.54) is 0 Å². The Hall–Kier alpha value is -1.89. The van der Waals surface area contributed by atoms with Gasteiger partial charge in [0.2, 0.25) is 0 Å². The molecule has 0 bridgehead atoms. The van der Waals surface area contributed by atoms with Crippen LogP contribution in [0.2, 0.25) is 0 Å². The van der Waals surface area contributed by atoms with Crippen molar-refractivity contribution in [3.05, 3.63) is 35.4 Å². The first kappa shape index (κ1) is 12.6. The van der Waals surface area contributed by atoms with Gasteiger partial charge in [0.15, 0.2) is 23.3 Å². The third kappa shape index (κ3) is 2.35. The smallest absolute Gasteiger partial charge is 0.261 e. The first-order valence-electron chi connectivity index (χ1n) is 5.24. The Labute approximate surface area is 101 Å². The maximum Gasteiger partial charge on any atom is 0.261 e. The quantitative estimate of drug-likeness (QED) is 0.850. The molecule has 0 spiro atoms. The normalized spacial score (nSPS) is 10.9. The third-order valence-corrected chi connectivity index (χ3v) is 2.33. The van der Waals surface area contributed by atoms with Gasteiger partial charge in [-0.1, -0.05) is 5.16 Å². The van der Waals surface area contributed by atoms with Crippen molar-refractivity contribution in [3.63, 3.8) is 0 Å². The second-order valence-electron chi connectivity index (χ2n) is 3.59. The highest BCUT2D eigenvalue weighted by Crippen LogP contribution is 2.24. The van der Waals surface area contributed by atoms with Crippen LogP contribution < -0.4 is 5.32 Å². The van der Waals surface area contributed by atoms with Crippen molar-refractivity contribution in [3.8, 4) is 11.5 Å². The van der Waals surface area contributed by atoms with E-state index in [-0.39, 0.29) is 11.5 Å². The predicted octanol–water partition coefficient (Wildman–Crippen LogP) is 1.92. The minimum absolute atomic E-state index is 0.169. The van der Waals surface area contributed by atoms with Crippen LogP contribution in [0.15, 0.2) is 16.7 Å². The molecule has 4 nitrogen and oxygen atoms in total. The zero-order valence-electron chi connectivity index (χ0n) is 9.51. The summed E-state index contributed by atoms with van der Waals surface area (Å²) in [7, 11) is 1.76. The van der Waals surface area contributed by atoms with E-state index >= 15 is 0 Å². The van der Waals surface area contributed by atoms with E-state index in [0.717, 1.165) is 12.1 Å². The Morgan fingerprint density at radius 2 is 2.00 bits per heavy atom. The van der Waals surface area contributed by atoms with Gasteiger partial charge in [-0.05, 0) is 19.2 Å². The molecule has 7 heteroatoms. The monoisotopic (exact) mass is 257 g/mol. The average molecular weight is 257 g/mol. The van der Waals surface area contributed by atoms with Crippen LogP contribution >= 0.6 is 0 Å². The highest BCUT2D eigenvalue weighted by molar-refractivity contribution is 5.53. The molecule has 0 aliphatic heterocycles. The first-order valence-corrected chi connectivity index (χ1v) is 5.24. The number of nitrogens with zero attached hydrogens (tertiary/aromatic N) is 2. The van der Waals surface area contributed by atoms with Crippen LogP contribution in [0.1, 0.15) is 5.82 Å². The van der Waals surface area contributed by atoms with Gasteiger partial charge in [0.1, 0.15) is 0 Å². The van der Waals surface area contributed by atoms with Gasteiger partial charge in [0, 0.05) is 13.0 Å². The Bertz CT molecular complexity index is 556. The summed E-state index contributed by atoms with van der Waals surface area (Å²) in [6, 6.07) is 1.87. The molecule has 0 saturated heterocycles. The van der Waals surface area contributed by atoms with Crippen molar-refractivity contribution in [1.82, 2.24) is 15.5 Å². The molecular weight excluding hydrogens is 247 g/mol. The molecule has 2 rings (SSSR count). The average Bonchev–Trinajstić information content (AvgIpc) is 2.82. The molecule has 1 heterocycles. The van der Waals surface area contributed by atoms with E-state index in [0.29, 0.717) is 18.8 Å². The molecule has 0 amide bonds. The van der Waals surface area contributed by atoms with Gasteiger partial charge in [-0.2, -0.15) is 4.98 Å². The van der Waals surface area contributed by atoms with Gasteiger partial charge in [-0.25, -0.2) is 13.2 Å². The van der Waals surface area contributed by atoms with Gasteiger partial charge >= 0.3 is 0 Å². The summed E-state index contributed by atoms with van der Waals surface area (Å²) in [6.07, 6.45) is 0.491. The van der Waals surface area contributed by atoms with Crippen molar-refractivity contribution in [2.45, 2.75) is 6.42 Å². The van der Waals surface area contributed by atoms with E-state index in [1.807, 2.05) is 0 Å². The van der Waals surface area contributed by atoms with Crippen LogP contribution in [-0.4, -0.2) is 23.7 Å². The lowest BCUT2D eigenvalue weighted by molar-refractivity contribution is 0.413. The lowest BCUT2D eigenvalue weighted by Crippen LogP contribution is -2.11. The second-order valence-corrected chi connectivity index (χ2v) is 3.59. The summed E-state index contributed by atoms with van der Waals surface area (Å²) in [5.41, 5.74) is -0.253. The van der Waals surface area contributed by atoms with Crippen molar-refractivity contribution in [2.24, 2.45) is 0 Å². The lowest BCUT2D eigenvalue weighted by atomic mass is 10.2. The number of rotatable bonds is 4. The minimum atomic E-state index is -1.55. The fraction of sp³-hybridized carbons (Fsp3) is 0.273. The summed E-state index contributed by atoms with van der Waals surface area (Å²) in [5, 5.41) is 6.50. The first-order chi connectivity index (χ1) is 8.63. The number of benzene rings is 1. The molecule has 0 fully saturated rings. The van der Waals surface area contributed by atoms with Crippen LogP contribution in [0.4, 0.5) is 13.2 Å². The Kier molecular flexibility index (Phi) is 3.61. The molecule has 0 aliphatic rings. The third-order valence-electron chi connectivity index (χ3n) is 2.33. The van der Waals surface area contributed by atoms with Crippen LogP contribution in [0.25, 0.3) is 11.5 Å². The minimum Gasteiger partial charge on any atom is -0.334 e. The molecule has 96 valence electrons. The zero-order chi connectivity index (χ0) is 13.1. The number of halogens is 3. The van der Waals surface area contributed by atoms with E-state index in [1.54, 1.807) is 7.05 Å². The molecule has 0 radical (unpaired) electrons. The Morgan fingerprint density at radius 1 is 1.22 bits per heavy atom. The summed E-state index contributed by atoms with van der Waals surface area (Å²) < 4.78 is 44.1. The molecule has 2 aromatic rings. The van der Waals surface area contributed by atoms with Crippen molar-refractivity contribution < 1.29 is 17.7 Å². The topological polar surface area (TPSA) is 51.0 Å². The van der Waals surface area contributed by atoms with Gasteiger partial charge in [0.05, 0.1) is 5.56 Å². The predicted molar refractivity (Wildman–Crippen MR) is 57.2 cm³/mol. The summed E-state index contributed by atoms with van der Waals surface area (Å²) in [5.74, 6) is -3.95. The molecule has 0 atom stereocenters. The molecule has 0 unspecified atom stereocenters. The van der Waals surface area contributed by atoms with Crippen molar-refractivity contribution >= 4 is 0 Å². The van der Waals surface area contributed by atoms with Crippen LogP contribution in [0.3, 0.4) is 0 Å². The van der Waals surface area contributed by atoms with E-state index in [9.17, 15) is 13.2 Å². The molecule has 18 heavy (non-hydrogen) atoms. The standard InChI is InChI=1S/C11H10F3N3O/c1-15-5-4-8-16-11(18-17-8)6-2-3-7(12)10(14)9(6)13/h2-3,15H,4-5H2,1H3. The second kappa shape index (κ2) is 5.18. The summed E-state index contributed by atoms with van der Waals surface area (Å²) in [4.78, 5) is 3.90. The van der Waals surface area contributed by atoms with Crippen LogP contribution in [-0.2, 0) is 6.42 Å². The SMILES string of the molecule is CNCCc1noc(-c2ccc(F)c(F)c2F)n1. The van der Waals surface area contributed by atoms with Gasteiger partial charge in [0.25, 0.3) is 5.89 Å². The summed E-state index contributed by atoms with van der Waals surface area (Å²) >= 11 is 0. The maximum absolute atomic E-state index is 13.5. The fourth-order valence-electron chi connectivity index (χ4n) is 1.39. The van der Waals surface area contributed by atoms with Gasteiger partial charge in [-0.15, -0.1) is 0 Å². The van der Waals surface area contributed by atoms with Crippen LogP contribution in [0.5, 0.6) is 0 Å². The van der Waals surface area contributed by atoms with E-state index in [4.69, 9.17) is 4.52 Å². The van der Waals surface area contributed by atoms with E-state index < -0.39 is 17.5 Å². The molecule has 1 aromatic carbocycles. The Morgan fingerprint density at radius 3 is 2.72 bits per heavy atom. The molecule has 1 aromatic heterocycles. The number of likely N-dealkylation sites (N-methyl/N-ethyl adjacent to an activating group) is 1. The molecule has 1 N–H and O–H groups in total. The van der Waals surface area contributed by atoms with Crippen LogP contribution in [0, 0.1) is 17.5 Å². The number of nitrogens with one attached hydrogen (secondary N) is 1. The number of hydrogen-bond donors (Lipinski definition) is 1.